The van der Waals surface area contributed by atoms with E-state index in [1.165, 1.54) is 55.0 Å². The maximum atomic E-state index is 6.03. The van der Waals surface area contributed by atoms with Crippen LogP contribution in [0, 0.1) is 0 Å². The van der Waals surface area contributed by atoms with Crippen molar-refractivity contribution in [3.63, 3.8) is 0 Å². The van der Waals surface area contributed by atoms with Gasteiger partial charge in [-0.1, -0.05) is 6.07 Å². The standard InChI is InChI=1S/C16H25N3S/c1-20-16-7-2-6-15(14(16)11-17)19-10-4-9-18-8-3-5-13(18)12-19/h2,6-7,13H,3-5,8-12,17H2,1H3. The highest BCUT2D eigenvalue weighted by Crippen LogP contribution is 2.32. The van der Waals surface area contributed by atoms with Crippen LogP contribution in [-0.4, -0.2) is 43.4 Å². The summed E-state index contributed by atoms with van der Waals surface area (Å²) < 4.78 is 0. The van der Waals surface area contributed by atoms with Gasteiger partial charge < -0.3 is 10.6 Å². The lowest BCUT2D eigenvalue weighted by Crippen LogP contribution is -2.37. The van der Waals surface area contributed by atoms with Crippen LogP contribution in [-0.2, 0) is 6.54 Å². The van der Waals surface area contributed by atoms with Crippen LogP contribution in [0.3, 0.4) is 0 Å². The van der Waals surface area contributed by atoms with Gasteiger partial charge in [0.15, 0.2) is 0 Å². The molecule has 2 saturated heterocycles. The molecule has 1 atom stereocenters. The predicted octanol–water partition coefficient (Wildman–Crippen LogP) is 2.54. The van der Waals surface area contributed by atoms with E-state index in [-0.39, 0.29) is 0 Å². The molecule has 0 spiro atoms. The molecule has 0 bridgehead atoms. The number of nitrogens with two attached hydrogens (primary N) is 1. The molecule has 0 aromatic heterocycles. The van der Waals surface area contributed by atoms with Crippen LogP contribution >= 0.6 is 11.8 Å². The molecule has 2 aliphatic rings. The van der Waals surface area contributed by atoms with Gasteiger partial charge in [0, 0.05) is 48.4 Å². The zero-order valence-corrected chi connectivity index (χ0v) is 13.2. The monoisotopic (exact) mass is 291 g/mol. The van der Waals surface area contributed by atoms with Gasteiger partial charge in [-0.15, -0.1) is 11.8 Å². The van der Waals surface area contributed by atoms with Crippen LogP contribution in [0.2, 0.25) is 0 Å². The molecule has 2 N–H and O–H groups in total. The first kappa shape index (κ1) is 14.2. The Kier molecular flexibility index (Phi) is 4.54. The molecule has 0 aliphatic carbocycles. The van der Waals surface area contributed by atoms with Gasteiger partial charge in [-0.05, 0) is 44.2 Å². The zero-order valence-electron chi connectivity index (χ0n) is 12.3. The fraction of sp³-hybridized carbons (Fsp3) is 0.625. The van der Waals surface area contributed by atoms with Crippen molar-refractivity contribution in [1.82, 2.24) is 4.90 Å². The lowest BCUT2D eigenvalue weighted by Gasteiger charge is -2.29. The number of benzene rings is 1. The van der Waals surface area contributed by atoms with Crippen LogP contribution in [0.5, 0.6) is 0 Å². The quantitative estimate of drug-likeness (QED) is 0.868. The van der Waals surface area contributed by atoms with E-state index in [1.54, 1.807) is 11.8 Å². The summed E-state index contributed by atoms with van der Waals surface area (Å²) in [6.45, 7) is 5.54. The van der Waals surface area contributed by atoms with Crippen LogP contribution in [0.15, 0.2) is 23.1 Å². The van der Waals surface area contributed by atoms with Gasteiger partial charge in [0.05, 0.1) is 0 Å². The van der Waals surface area contributed by atoms with Crippen molar-refractivity contribution >= 4 is 17.4 Å². The molecule has 3 nitrogen and oxygen atoms in total. The fourth-order valence-electron chi connectivity index (χ4n) is 3.67. The van der Waals surface area contributed by atoms with Crippen molar-refractivity contribution in [1.29, 1.82) is 0 Å². The third-order valence-electron chi connectivity index (χ3n) is 4.68. The summed E-state index contributed by atoms with van der Waals surface area (Å²) in [5.74, 6) is 0. The van der Waals surface area contributed by atoms with Crippen molar-refractivity contribution in [2.75, 3.05) is 37.3 Å². The highest BCUT2D eigenvalue weighted by Gasteiger charge is 2.29. The number of rotatable bonds is 3. The van der Waals surface area contributed by atoms with Gasteiger partial charge in [-0.25, -0.2) is 0 Å². The smallest absolute Gasteiger partial charge is 0.0423 e. The fourth-order valence-corrected chi connectivity index (χ4v) is 4.32. The maximum Gasteiger partial charge on any atom is 0.0423 e. The molecule has 2 aliphatic heterocycles. The predicted molar refractivity (Wildman–Crippen MR) is 87.5 cm³/mol. The van der Waals surface area contributed by atoms with Crippen molar-refractivity contribution in [2.24, 2.45) is 5.73 Å². The van der Waals surface area contributed by atoms with E-state index in [0.717, 1.165) is 12.6 Å². The van der Waals surface area contributed by atoms with Crippen LogP contribution < -0.4 is 10.6 Å². The lowest BCUT2D eigenvalue weighted by atomic mass is 10.1. The molecule has 1 aromatic rings. The molecule has 0 saturated carbocycles. The number of thioether (sulfide) groups is 1. The Morgan fingerprint density at radius 1 is 1.25 bits per heavy atom. The average molecular weight is 291 g/mol. The number of hydrogen-bond acceptors (Lipinski definition) is 4. The first-order valence-corrected chi connectivity index (χ1v) is 8.91. The molecule has 110 valence electrons. The molecule has 0 radical (unpaired) electrons. The summed E-state index contributed by atoms with van der Waals surface area (Å²) >= 11 is 1.81. The van der Waals surface area contributed by atoms with E-state index in [9.17, 15) is 0 Å². The van der Waals surface area contributed by atoms with Gasteiger partial charge in [0.25, 0.3) is 0 Å². The van der Waals surface area contributed by atoms with Gasteiger partial charge in [-0.2, -0.15) is 0 Å². The second-order valence-corrected chi connectivity index (χ2v) is 6.64. The Hall–Kier alpha value is -0.710. The molecule has 3 rings (SSSR count). The molecule has 2 heterocycles. The molecule has 20 heavy (non-hydrogen) atoms. The Labute approximate surface area is 126 Å². The van der Waals surface area contributed by atoms with Gasteiger partial charge in [0.1, 0.15) is 0 Å². The second-order valence-electron chi connectivity index (χ2n) is 5.79. The Morgan fingerprint density at radius 3 is 2.90 bits per heavy atom. The Bertz CT molecular complexity index is 463. The average Bonchev–Trinajstić information content (AvgIpc) is 2.83. The first-order valence-electron chi connectivity index (χ1n) is 7.68. The van der Waals surface area contributed by atoms with Crippen LogP contribution in [0.25, 0.3) is 0 Å². The molecule has 1 aromatic carbocycles. The van der Waals surface area contributed by atoms with Crippen molar-refractivity contribution in [3.05, 3.63) is 23.8 Å². The third-order valence-corrected chi connectivity index (χ3v) is 5.50. The largest absolute Gasteiger partial charge is 0.370 e. The van der Waals surface area contributed by atoms with Gasteiger partial charge >= 0.3 is 0 Å². The van der Waals surface area contributed by atoms with Gasteiger partial charge in [-0.3, -0.25) is 4.90 Å². The topological polar surface area (TPSA) is 32.5 Å². The summed E-state index contributed by atoms with van der Waals surface area (Å²) in [7, 11) is 0. The van der Waals surface area contributed by atoms with E-state index in [2.05, 4.69) is 34.3 Å². The Balaban J connectivity index is 1.87. The van der Waals surface area contributed by atoms with E-state index < -0.39 is 0 Å². The maximum absolute atomic E-state index is 6.03. The second kappa shape index (κ2) is 6.37. The number of fused-ring (bicyclic) bond motifs is 1. The molecule has 2 fully saturated rings. The summed E-state index contributed by atoms with van der Waals surface area (Å²) in [4.78, 5) is 6.59. The van der Waals surface area contributed by atoms with E-state index in [1.807, 2.05) is 0 Å². The first-order chi connectivity index (χ1) is 9.83. The highest BCUT2D eigenvalue weighted by molar-refractivity contribution is 7.98. The minimum Gasteiger partial charge on any atom is -0.370 e. The SMILES string of the molecule is CSc1cccc(N2CCCN3CCCC3C2)c1CN. The Morgan fingerprint density at radius 2 is 2.10 bits per heavy atom. The van der Waals surface area contributed by atoms with E-state index in [0.29, 0.717) is 6.54 Å². The minimum atomic E-state index is 0.636. The molecular formula is C16H25N3S. The molecule has 4 heteroatoms. The van der Waals surface area contributed by atoms with Crippen LogP contribution in [0.4, 0.5) is 5.69 Å². The third kappa shape index (κ3) is 2.69. The summed E-state index contributed by atoms with van der Waals surface area (Å²) in [6.07, 6.45) is 6.13. The number of nitrogens with zero attached hydrogens (tertiary/aromatic N) is 2. The van der Waals surface area contributed by atoms with E-state index >= 15 is 0 Å². The summed E-state index contributed by atoms with van der Waals surface area (Å²) in [5.41, 5.74) is 8.72. The van der Waals surface area contributed by atoms with Gasteiger partial charge in [0.2, 0.25) is 0 Å². The highest BCUT2D eigenvalue weighted by atomic mass is 32.2. The summed E-state index contributed by atoms with van der Waals surface area (Å²) in [5, 5.41) is 0. The molecular weight excluding hydrogens is 266 g/mol. The normalized spacial score (nSPS) is 23.7. The van der Waals surface area contributed by atoms with Crippen LogP contribution in [0.1, 0.15) is 24.8 Å². The number of hydrogen-bond donors (Lipinski definition) is 1. The van der Waals surface area contributed by atoms with Crippen molar-refractivity contribution in [2.45, 2.75) is 36.7 Å². The lowest BCUT2D eigenvalue weighted by molar-refractivity contribution is 0.273. The van der Waals surface area contributed by atoms with Crippen molar-refractivity contribution in [3.8, 4) is 0 Å². The summed E-state index contributed by atoms with van der Waals surface area (Å²) in [6, 6.07) is 7.38. The number of anilines is 1. The minimum absolute atomic E-state index is 0.636. The van der Waals surface area contributed by atoms with E-state index in [4.69, 9.17) is 5.73 Å². The van der Waals surface area contributed by atoms with Crippen molar-refractivity contribution < 1.29 is 0 Å². The zero-order chi connectivity index (χ0) is 13.9. The molecule has 1 unspecified atom stereocenters. The molecule has 0 amide bonds.